The summed E-state index contributed by atoms with van der Waals surface area (Å²) in [5, 5.41) is 2.95. The van der Waals surface area contributed by atoms with Crippen molar-refractivity contribution in [1.29, 1.82) is 0 Å². The fourth-order valence-corrected chi connectivity index (χ4v) is 11.0. The first kappa shape index (κ1) is 67.9. The number of carbonyl (C=O) groups is 9. The maximum absolute atomic E-state index is 15.2. The van der Waals surface area contributed by atoms with Crippen LogP contribution >= 0.6 is 0 Å². The number of nitrogens with one attached hydrogen (secondary N) is 1. The number of Topliss-reactive ketones (excluding diaryl/α,β-unsaturated/α-hetero) is 1. The van der Waals surface area contributed by atoms with Gasteiger partial charge in [-0.1, -0.05) is 84.9 Å². The number of amides is 6. The first-order valence-corrected chi connectivity index (χ1v) is 30.3. The highest BCUT2D eigenvalue weighted by Crippen LogP contribution is 2.34. The molecule has 3 aliphatic heterocycles. The SMILES string of the molecule is COc1ccc(CC[C@H]2OC(=O)[C@@H]3CCCCN3C(=O)C(=O)C(C)(C)COC(=O)/C=C\CCN(C)C(=O)[C@@H]3CCCN3C(=O)[C@H](COC(C)(C)C)N(C)C(=O)C(c3ccccc3)NC(=O)[C@H](Cc3ccccc3)N(C)C(=O)COc3cccc2c3)cc1OC. The Balaban J connectivity index is 1.24. The Kier molecular flexibility index (Phi) is 23.7. The second-order valence-electron chi connectivity index (χ2n) is 24.4. The zero-order chi connectivity index (χ0) is 64.6. The molecule has 1 unspecified atom stereocenters. The molecule has 0 spiro atoms. The molecule has 478 valence electrons. The maximum atomic E-state index is 15.2. The number of benzene rings is 4. The van der Waals surface area contributed by atoms with E-state index in [0.29, 0.717) is 60.3 Å². The second-order valence-corrected chi connectivity index (χ2v) is 24.4. The van der Waals surface area contributed by atoms with E-state index in [4.69, 9.17) is 28.4 Å². The van der Waals surface area contributed by atoms with Crippen LogP contribution in [0.15, 0.2) is 115 Å². The number of carbonyl (C=O) groups excluding carboxylic acids is 9. The smallest absolute Gasteiger partial charge is 0.330 e. The molecule has 0 saturated carbocycles. The van der Waals surface area contributed by atoms with Crippen molar-refractivity contribution in [3.05, 3.63) is 138 Å². The molecule has 21 heteroatoms. The van der Waals surface area contributed by atoms with Crippen LogP contribution in [0.1, 0.15) is 114 Å². The van der Waals surface area contributed by atoms with Gasteiger partial charge in [0.05, 0.1) is 31.8 Å². The number of fused-ring (bicyclic) bond motifs is 4. The van der Waals surface area contributed by atoms with Gasteiger partial charge in [-0.3, -0.25) is 33.6 Å². The topological polar surface area (TPSA) is 237 Å². The van der Waals surface area contributed by atoms with Gasteiger partial charge in [0.1, 0.15) is 48.7 Å². The average Bonchev–Trinajstić information content (AvgIpc) is 2.31. The molecule has 0 aromatic heterocycles. The van der Waals surface area contributed by atoms with E-state index in [0.717, 1.165) is 5.56 Å². The van der Waals surface area contributed by atoms with Gasteiger partial charge in [-0.05, 0) is 133 Å². The number of aryl methyl sites for hydroxylation is 1. The van der Waals surface area contributed by atoms with Crippen molar-refractivity contribution >= 4 is 53.2 Å². The zero-order valence-electron chi connectivity index (χ0n) is 52.9. The number of methoxy groups -OCH3 is 2. The predicted octanol–water partition coefficient (Wildman–Crippen LogP) is 6.80. The molecule has 4 aromatic rings. The third kappa shape index (κ3) is 18.0. The van der Waals surface area contributed by atoms with Crippen LogP contribution in [0.5, 0.6) is 17.2 Å². The highest BCUT2D eigenvalue weighted by Gasteiger charge is 2.45. The molecule has 2 bridgehead atoms. The minimum atomic E-state index is -1.50. The number of ketones is 1. The first-order valence-electron chi connectivity index (χ1n) is 30.3. The van der Waals surface area contributed by atoms with E-state index in [1.807, 2.05) is 63.2 Å². The Morgan fingerprint density at radius 1 is 0.652 bits per heavy atom. The van der Waals surface area contributed by atoms with Gasteiger partial charge in [0.15, 0.2) is 18.1 Å². The van der Waals surface area contributed by atoms with Gasteiger partial charge in [-0.25, -0.2) is 9.59 Å². The molecule has 89 heavy (non-hydrogen) atoms. The quantitative estimate of drug-likeness (QED) is 0.127. The van der Waals surface area contributed by atoms with E-state index in [-0.39, 0.29) is 63.6 Å². The monoisotopic (exact) mass is 1230 g/mol. The van der Waals surface area contributed by atoms with Crippen LogP contribution in [0, 0.1) is 5.41 Å². The van der Waals surface area contributed by atoms with E-state index >= 15 is 14.4 Å². The molecular formula is C68H86N6O15. The minimum Gasteiger partial charge on any atom is -0.493 e. The van der Waals surface area contributed by atoms with Crippen molar-refractivity contribution in [1.82, 2.24) is 29.8 Å². The first-order chi connectivity index (χ1) is 42.4. The molecule has 1 N–H and O–H groups in total. The van der Waals surface area contributed by atoms with Crippen molar-refractivity contribution < 1.29 is 71.6 Å². The Bertz CT molecular complexity index is 3180. The van der Waals surface area contributed by atoms with Crippen LogP contribution in [0.25, 0.3) is 0 Å². The number of ether oxygens (including phenoxy) is 6. The third-order valence-corrected chi connectivity index (χ3v) is 16.4. The summed E-state index contributed by atoms with van der Waals surface area (Å²) < 4.78 is 35.3. The molecule has 3 aliphatic rings. The van der Waals surface area contributed by atoms with Crippen molar-refractivity contribution in [3.63, 3.8) is 0 Å². The minimum absolute atomic E-state index is 0.0289. The van der Waals surface area contributed by atoms with Crippen LogP contribution in [-0.2, 0) is 70.2 Å². The second kappa shape index (κ2) is 31.0. The molecule has 2 fully saturated rings. The van der Waals surface area contributed by atoms with Crippen LogP contribution in [-0.4, -0.2) is 182 Å². The molecule has 6 amide bonds. The molecule has 0 aliphatic carbocycles. The summed E-state index contributed by atoms with van der Waals surface area (Å²) in [6.45, 7) is 7.62. The molecule has 7 rings (SSSR count). The van der Waals surface area contributed by atoms with Crippen LogP contribution < -0.4 is 19.5 Å². The van der Waals surface area contributed by atoms with Crippen molar-refractivity contribution in [2.24, 2.45) is 5.41 Å². The largest absolute Gasteiger partial charge is 0.493 e. The molecule has 21 nitrogen and oxygen atoms in total. The molecule has 0 radical (unpaired) electrons. The van der Waals surface area contributed by atoms with Gasteiger partial charge in [-0.2, -0.15) is 0 Å². The maximum Gasteiger partial charge on any atom is 0.330 e. The number of likely N-dealkylation sites (N-methyl/N-ethyl adjacent to an activating group) is 3. The lowest BCUT2D eigenvalue weighted by atomic mass is 9.87. The van der Waals surface area contributed by atoms with E-state index in [1.54, 1.807) is 67.7 Å². The van der Waals surface area contributed by atoms with Crippen LogP contribution in [0.2, 0.25) is 0 Å². The standard InChI is InChI=1S/C68H86N6O15/c1-67(2,3)88-42-53-63(80)73-38-22-30-50(73)62(79)70(6)36-19-18-31-58(76)87-44-68(4,5)60(77)65(82)74-37-20-17-29-51(74)66(83)89-54(34-32-46-33-35-55(84-9)56(40-46)85-10)48-27-21-28-49(41-48)86-43-57(75)71(7)52(39-45-23-13-11-14-24-45)61(78)69-59(64(81)72(53)8)47-25-15-12-16-26-47/h11-16,18,21,23-28,31,33,35,40-41,50-54,59H,17,19-20,22,29-30,32,34,36-39,42-44H2,1-10H3,(H,69,78)/b31-18-/t50-,51-,52-,53-,54+,59?/m0/s1. The van der Waals surface area contributed by atoms with Gasteiger partial charge in [0, 0.05) is 53.3 Å². The highest BCUT2D eigenvalue weighted by molar-refractivity contribution is 6.38. The number of nitrogens with zero attached hydrogens (tertiary/aromatic N) is 5. The summed E-state index contributed by atoms with van der Waals surface area (Å²) in [5.41, 5.74) is 0.177. The molecule has 4 aromatic carbocycles. The van der Waals surface area contributed by atoms with Crippen molar-refractivity contribution in [2.45, 2.75) is 134 Å². The number of piperidine rings is 1. The zero-order valence-corrected chi connectivity index (χ0v) is 52.9. The number of cyclic esters (lactones) is 2. The van der Waals surface area contributed by atoms with Gasteiger partial charge in [0.2, 0.25) is 29.4 Å². The summed E-state index contributed by atoms with van der Waals surface area (Å²) >= 11 is 0. The Labute approximate surface area is 521 Å². The number of rotatable bonds is 10. The number of esters is 2. The Morgan fingerprint density at radius 2 is 1.33 bits per heavy atom. The number of hydrogen-bond acceptors (Lipinski definition) is 15. The molecule has 2 saturated heterocycles. The fraction of sp³-hybridized carbons (Fsp3) is 0.485. The lowest BCUT2D eigenvalue weighted by Gasteiger charge is -2.37. The normalized spacial score (nSPS) is 23.3. The summed E-state index contributed by atoms with van der Waals surface area (Å²) in [6, 6.07) is 23.9. The lowest BCUT2D eigenvalue weighted by molar-refractivity contribution is -0.165. The highest BCUT2D eigenvalue weighted by atomic mass is 16.5. The molecule has 3 heterocycles. The summed E-state index contributed by atoms with van der Waals surface area (Å²) in [7, 11) is 7.58. The molecule has 6 atom stereocenters. The Morgan fingerprint density at radius 3 is 2.02 bits per heavy atom. The van der Waals surface area contributed by atoms with E-state index in [1.165, 1.54) is 78.8 Å². The van der Waals surface area contributed by atoms with Crippen molar-refractivity contribution in [3.8, 4) is 17.2 Å². The van der Waals surface area contributed by atoms with Gasteiger partial charge in [0.25, 0.3) is 11.8 Å². The molecular weight excluding hydrogens is 1140 g/mol. The third-order valence-electron chi connectivity index (χ3n) is 16.4. The van der Waals surface area contributed by atoms with E-state index in [9.17, 15) is 28.8 Å². The van der Waals surface area contributed by atoms with Gasteiger partial charge >= 0.3 is 11.9 Å². The number of hydrogen-bond donors (Lipinski definition) is 1. The average molecular weight is 1230 g/mol. The fourth-order valence-electron chi connectivity index (χ4n) is 11.0. The summed E-state index contributed by atoms with van der Waals surface area (Å²) in [5.74, 6) is -4.89. The summed E-state index contributed by atoms with van der Waals surface area (Å²) in [4.78, 5) is 137. The lowest BCUT2D eigenvalue weighted by Crippen LogP contribution is -2.58. The van der Waals surface area contributed by atoms with Crippen LogP contribution in [0.4, 0.5) is 0 Å². The predicted molar refractivity (Wildman–Crippen MR) is 330 cm³/mol. The van der Waals surface area contributed by atoms with E-state index < -0.39 is 108 Å². The van der Waals surface area contributed by atoms with Crippen LogP contribution in [0.3, 0.4) is 0 Å². The van der Waals surface area contributed by atoms with Gasteiger partial charge in [-0.15, -0.1) is 0 Å². The van der Waals surface area contributed by atoms with Gasteiger partial charge < -0.3 is 58.2 Å². The Hall–Kier alpha value is -8.59. The van der Waals surface area contributed by atoms with E-state index in [2.05, 4.69) is 5.32 Å². The van der Waals surface area contributed by atoms with Crippen molar-refractivity contribution in [2.75, 3.05) is 74.8 Å². The summed E-state index contributed by atoms with van der Waals surface area (Å²) in [6.07, 6.45) is 4.75.